The number of carbonyl (C=O) groups is 1. The molecule has 0 unspecified atom stereocenters. The van der Waals surface area contributed by atoms with E-state index in [1.807, 2.05) is 158 Å². The number of nitrogens with one attached hydrogen (secondary N) is 2. The first-order valence-electron chi connectivity index (χ1n) is 26.1. The molecule has 0 spiro atoms. The molecule has 14 nitrogen and oxygen atoms in total. The van der Waals surface area contributed by atoms with Crippen molar-refractivity contribution < 1.29 is 19.7 Å². The van der Waals surface area contributed by atoms with Crippen LogP contribution in [0.15, 0.2) is 284 Å². The Bertz CT molecular complexity index is 4410. The number of nitrogens with zero attached hydrogens (tertiary/aromatic N) is 8. The Morgan fingerprint density at radius 2 is 0.617 bits per heavy atom. The van der Waals surface area contributed by atoms with Gasteiger partial charge in [0.2, 0.25) is 0 Å². The fraction of sp³-hybridized carbons (Fsp3) is 0.0299. The third-order valence-electron chi connectivity index (χ3n) is 13.6. The van der Waals surface area contributed by atoms with E-state index >= 15 is 0 Å². The summed E-state index contributed by atoms with van der Waals surface area (Å²) in [7, 11) is 0. The lowest BCUT2D eigenvalue weighted by molar-refractivity contribution is 0.0734. The summed E-state index contributed by atoms with van der Waals surface area (Å²) in [6, 6.07) is 75.2. The number of esters is 1. The molecule has 14 heteroatoms. The van der Waals surface area contributed by atoms with Crippen molar-refractivity contribution in [2.45, 2.75) is 13.1 Å². The van der Waals surface area contributed by atoms with Crippen molar-refractivity contribution in [1.29, 1.82) is 0 Å². The summed E-state index contributed by atoms with van der Waals surface area (Å²) in [6.45, 7) is 1.20. The van der Waals surface area contributed by atoms with Crippen molar-refractivity contribution in [3.63, 3.8) is 0 Å². The van der Waals surface area contributed by atoms with Crippen LogP contribution in [-0.4, -0.2) is 16.2 Å². The summed E-state index contributed by atoms with van der Waals surface area (Å²) in [5.41, 5.74) is 9.69. The molecule has 12 rings (SSSR count). The maximum absolute atomic E-state index is 13.2. The minimum absolute atomic E-state index is 0.237. The largest absolute Gasteiger partial charge is 0.508 e. The number of phenolic OH excluding ortho intramolecular Hbond substituents is 2. The molecular formula is C67H48N10O4. The van der Waals surface area contributed by atoms with Crippen LogP contribution in [0.4, 0.5) is 56.9 Å². The highest BCUT2D eigenvalue weighted by Crippen LogP contribution is 2.40. The first kappa shape index (κ1) is 50.6. The van der Waals surface area contributed by atoms with Gasteiger partial charge < -0.3 is 25.6 Å². The van der Waals surface area contributed by atoms with Gasteiger partial charge in [-0.2, -0.15) is 10.2 Å². The van der Waals surface area contributed by atoms with Crippen LogP contribution in [0, 0.1) is 0 Å². The number of hydrogen-bond donors (Lipinski definition) is 4. The minimum Gasteiger partial charge on any atom is -0.508 e. The number of carbonyl (C=O) groups excluding carboxylic acids is 1. The van der Waals surface area contributed by atoms with Gasteiger partial charge in [-0.1, -0.05) is 121 Å². The molecule has 0 aliphatic rings. The van der Waals surface area contributed by atoms with Gasteiger partial charge in [-0.3, -0.25) is 0 Å². The number of ether oxygens (including phenoxy) is 1. The van der Waals surface area contributed by atoms with Crippen molar-refractivity contribution in [1.82, 2.24) is 0 Å². The van der Waals surface area contributed by atoms with Crippen LogP contribution in [0.5, 0.6) is 17.2 Å². The van der Waals surface area contributed by atoms with Crippen molar-refractivity contribution >= 4 is 106 Å². The number of rotatable bonds is 16. The average Bonchev–Trinajstić information content (AvgIpc) is 3.52. The molecule has 0 bridgehead atoms. The smallest absolute Gasteiger partial charge is 0.343 e. The lowest BCUT2D eigenvalue weighted by Crippen LogP contribution is -2.07. The SMILES string of the molecule is O=C(Oc1ccc(/N=N/c2ccc(/N=N/c3ccc(NCc4ccc(O)cc4)c4ccccc34)c3ccccc23)cc1)c1ccc(N=Nc2ccc(/N=N/c3ccc(NCc4ccc(O)cc4)c4ccccc34)c3ccccc23)cc1. The van der Waals surface area contributed by atoms with Gasteiger partial charge in [-0.05, 0) is 132 Å². The second-order valence-corrected chi connectivity index (χ2v) is 18.9. The fourth-order valence-corrected chi connectivity index (χ4v) is 9.40. The average molecular weight is 1060 g/mol. The van der Waals surface area contributed by atoms with E-state index in [1.165, 1.54) is 0 Å². The maximum Gasteiger partial charge on any atom is 0.343 e. The topological polar surface area (TPSA) is 190 Å². The third-order valence-corrected chi connectivity index (χ3v) is 13.6. The predicted molar refractivity (Wildman–Crippen MR) is 321 cm³/mol. The molecule has 390 valence electrons. The molecular weight excluding hydrogens is 1010 g/mol. The van der Waals surface area contributed by atoms with Gasteiger partial charge in [0, 0.05) is 67.6 Å². The number of benzene rings is 12. The maximum atomic E-state index is 13.2. The number of phenols is 2. The van der Waals surface area contributed by atoms with Crippen LogP contribution in [0.1, 0.15) is 21.5 Å². The number of aromatic hydroxyl groups is 2. The summed E-state index contributed by atoms with van der Waals surface area (Å²) < 4.78 is 5.71. The molecule has 0 aliphatic carbocycles. The second kappa shape index (κ2) is 23.2. The third kappa shape index (κ3) is 11.6. The van der Waals surface area contributed by atoms with Gasteiger partial charge in [0.25, 0.3) is 0 Å². The highest BCUT2D eigenvalue weighted by molar-refractivity contribution is 6.03. The van der Waals surface area contributed by atoms with E-state index in [0.717, 1.165) is 77.0 Å². The van der Waals surface area contributed by atoms with Crippen LogP contribution in [0.3, 0.4) is 0 Å². The quantitative estimate of drug-likeness (QED) is 0.0423. The van der Waals surface area contributed by atoms with E-state index in [1.54, 1.807) is 72.8 Å². The molecule has 0 amide bonds. The van der Waals surface area contributed by atoms with Gasteiger partial charge >= 0.3 is 5.97 Å². The zero-order valence-electron chi connectivity index (χ0n) is 43.3. The Hall–Kier alpha value is -11.3. The van der Waals surface area contributed by atoms with E-state index in [2.05, 4.69) is 43.2 Å². The van der Waals surface area contributed by atoms with E-state index < -0.39 is 5.97 Å². The molecule has 0 atom stereocenters. The van der Waals surface area contributed by atoms with Gasteiger partial charge in [-0.15, -0.1) is 30.7 Å². The normalized spacial score (nSPS) is 11.8. The van der Waals surface area contributed by atoms with Crippen LogP contribution >= 0.6 is 0 Å². The molecule has 0 saturated carbocycles. The Kier molecular flexibility index (Phi) is 14.5. The summed E-state index contributed by atoms with van der Waals surface area (Å²) in [5.74, 6) is 0.303. The summed E-state index contributed by atoms with van der Waals surface area (Å²) in [4.78, 5) is 13.2. The lowest BCUT2D eigenvalue weighted by atomic mass is 10.1. The van der Waals surface area contributed by atoms with Crippen molar-refractivity contribution in [2.75, 3.05) is 10.6 Å². The number of anilines is 2. The van der Waals surface area contributed by atoms with Crippen LogP contribution in [-0.2, 0) is 13.1 Å². The second-order valence-electron chi connectivity index (χ2n) is 18.9. The van der Waals surface area contributed by atoms with Crippen molar-refractivity contribution in [3.05, 3.63) is 259 Å². The standard InChI is InChI=1S/C67H48N10O4/c78-48-27-17-43(18-28-48)41-68-59-33-35-63(53-11-3-1-9-51(53)59)74-76-65-39-37-61(55-13-5-7-15-57(55)65)72-70-46-23-21-45(22-24-46)67(80)81-50-31-25-47(26-32-50)71-73-62-38-40-66(58-16-8-6-14-56(58)62)77-75-64-36-34-60(52-10-2-4-12-54(52)64)69-42-44-19-29-49(79)30-20-44/h1-40,68-69,78-79H,41-42H2/b72-70?,73-71+,76-74+,77-75+. The molecule has 12 aromatic carbocycles. The number of fused-ring (bicyclic) bond motifs is 4. The van der Waals surface area contributed by atoms with Crippen LogP contribution < -0.4 is 15.4 Å². The van der Waals surface area contributed by atoms with Crippen LogP contribution in [0.2, 0.25) is 0 Å². The predicted octanol–water partition coefficient (Wildman–Crippen LogP) is 19.8. The first-order chi connectivity index (χ1) is 39.8. The molecule has 0 fully saturated rings. The van der Waals surface area contributed by atoms with E-state index in [9.17, 15) is 15.0 Å². The highest BCUT2D eigenvalue weighted by Gasteiger charge is 2.13. The molecule has 0 aromatic heterocycles. The molecule has 0 aliphatic heterocycles. The zero-order valence-corrected chi connectivity index (χ0v) is 43.3. The van der Waals surface area contributed by atoms with Gasteiger partial charge in [0.1, 0.15) is 17.2 Å². The number of azo groups is 4. The Morgan fingerprint density at radius 3 is 0.975 bits per heavy atom. The Morgan fingerprint density at radius 1 is 0.321 bits per heavy atom. The van der Waals surface area contributed by atoms with Crippen molar-refractivity contribution in [2.24, 2.45) is 40.9 Å². The fourth-order valence-electron chi connectivity index (χ4n) is 9.40. The molecule has 4 N–H and O–H groups in total. The molecule has 0 heterocycles. The van der Waals surface area contributed by atoms with Crippen molar-refractivity contribution in [3.8, 4) is 17.2 Å². The Labute approximate surface area is 464 Å². The molecule has 0 saturated heterocycles. The lowest BCUT2D eigenvalue weighted by Gasteiger charge is -2.11. The van der Waals surface area contributed by atoms with Gasteiger partial charge in [-0.25, -0.2) is 4.79 Å². The zero-order chi connectivity index (χ0) is 54.9. The van der Waals surface area contributed by atoms with E-state index in [-0.39, 0.29) is 11.5 Å². The molecule has 0 radical (unpaired) electrons. The van der Waals surface area contributed by atoms with Gasteiger partial charge in [0.05, 0.1) is 51.1 Å². The van der Waals surface area contributed by atoms with Crippen LogP contribution in [0.25, 0.3) is 43.1 Å². The van der Waals surface area contributed by atoms with E-state index in [4.69, 9.17) is 25.2 Å². The summed E-state index contributed by atoms with van der Waals surface area (Å²) in [5, 5.41) is 70.8. The van der Waals surface area contributed by atoms with E-state index in [0.29, 0.717) is 58.5 Å². The minimum atomic E-state index is -0.525. The molecule has 81 heavy (non-hydrogen) atoms. The number of hydrogen-bond acceptors (Lipinski definition) is 14. The highest BCUT2D eigenvalue weighted by atomic mass is 16.5. The van der Waals surface area contributed by atoms with Gasteiger partial charge in [0.15, 0.2) is 0 Å². The monoisotopic (exact) mass is 1060 g/mol. The first-order valence-corrected chi connectivity index (χ1v) is 26.1. The summed E-state index contributed by atoms with van der Waals surface area (Å²) in [6.07, 6.45) is 0. The molecule has 12 aromatic rings. The summed E-state index contributed by atoms with van der Waals surface area (Å²) >= 11 is 0. The Balaban J connectivity index is 0.674.